The summed E-state index contributed by atoms with van der Waals surface area (Å²) >= 11 is 0. The van der Waals surface area contributed by atoms with Gasteiger partial charge in [-0.3, -0.25) is 0 Å². The predicted octanol–water partition coefficient (Wildman–Crippen LogP) is 2.80. The minimum absolute atomic E-state index is 0.171. The van der Waals surface area contributed by atoms with Gasteiger partial charge in [0.2, 0.25) is 0 Å². The Morgan fingerprint density at radius 2 is 2.15 bits per heavy atom. The second-order valence-corrected chi connectivity index (χ2v) is 5.78. The lowest BCUT2D eigenvalue weighted by molar-refractivity contribution is 0.301. The molecule has 0 bridgehead atoms. The van der Waals surface area contributed by atoms with Crippen LogP contribution < -0.4 is 15.0 Å². The quantitative estimate of drug-likeness (QED) is 0.896. The Morgan fingerprint density at radius 1 is 1.25 bits per heavy atom. The summed E-state index contributed by atoms with van der Waals surface area (Å²) in [7, 11) is 0. The SMILES string of the molecule is Fc1cc(OCCC2CC2)ccc1N1CCCNCC1. The first-order valence-electron chi connectivity index (χ1n) is 7.71. The van der Waals surface area contributed by atoms with Crippen LogP contribution in [-0.4, -0.2) is 32.8 Å². The van der Waals surface area contributed by atoms with Crippen molar-refractivity contribution in [2.24, 2.45) is 5.92 Å². The van der Waals surface area contributed by atoms with Gasteiger partial charge in [-0.25, -0.2) is 4.39 Å². The Balaban J connectivity index is 1.60. The van der Waals surface area contributed by atoms with E-state index in [9.17, 15) is 4.39 Å². The van der Waals surface area contributed by atoms with Gasteiger partial charge in [-0.2, -0.15) is 0 Å². The molecule has 0 radical (unpaired) electrons. The number of nitrogens with zero attached hydrogens (tertiary/aromatic N) is 1. The van der Waals surface area contributed by atoms with E-state index in [-0.39, 0.29) is 5.82 Å². The highest BCUT2D eigenvalue weighted by Gasteiger charge is 2.21. The van der Waals surface area contributed by atoms with Crippen molar-refractivity contribution in [1.82, 2.24) is 5.32 Å². The molecule has 1 heterocycles. The Kier molecular flexibility index (Phi) is 4.41. The number of hydrogen-bond donors (Lipinski definition) is 1. The molecule has 1 aliphatic heterocycles. The van der Waals surface area contributed by atoms with Gasteiger partial charge in [0.05, 0.1) is 12.3 Å². The highest BCUT2D eigenvalue weighted by Crippen LogP contribution is 2.32. The summed E-state index contributed by atoms with van der Waals surface area (Å²) in [6, 6.07) is 5.28. The van der Waals surface area contributed by atoms with Gasteiger partial charge in [0.15, 0.2) is 0 Å². The molecule has 1 N–H and O–H groups in total. The van der Waals surface area contributed by atoms with Crippen LogP contribution in [0.2, 0.25) is 0 Å². The average Bonchev–Trinajstić information content (AvgIpc) is 3.25. The van der Waals surface area contributed by atoms with E-state index >= 15 is 0 Å². The van der Waals surface area contributed by atoms with Gasteiger partial charge in [0.1, 0.15) is 11.6 Å². The van der Waals surface area contributed by atoms with E-state index in [0.29, 0.717) is 18.0 Å². The first-order valence-corrected chi connectivity index (χ1v) is 7.71. The van der Waals surface area contributed by atoms with Crippen LogP contribution in [0.5, 0.6) is 5.75 Å². The molecule has 0 unspecified atom stereocenters. The third kappa shape index (κ3) is 3.63. The van der Waals surface area contributed by atoms with Crippen LogP contribution >= 0.6 is 0 Å². The average molecular weight is 278 g/mol. The van der Waals surface area contributed by atoms with Gasteiger partial charge in [-0.05, 0) is 37.4 Å². The summed E-state index contributed by atoms with van der Waals surface area (Å²) < 4.78 is 19.9. The minimum atomic E-state index is -0.171. The van der Waals surface area contributed by atoms with E-state index in [1.807, 2.05) is 12.1 Å². The van der Waals surface area contributed by atoms with Crippen molar-refractivity contribution in [1.29, 1.82) is 0 Å². The van der Waals surface area contributed by atoms with Gasteiger partial charge in [0.25, 0.3) is 0 Å². The minimum Gasteiger partial charge on any atom is -0.493 e. The van der Waals surface area contributed by atoms with Crippen LogP contribution in [0.1, 0.15) is 25.7 Å². The second kappa shape index (κ2) is 6.44. The van der Waals surface area contributed by atoms with Crippen LogP contribution in [0.15, 0.2) is 18.2 Å². The van der Waals surface area contributed by atoms with E-state index in [4.69, 9.17) is 4.74 Å². The van der Waals surface area contributed by atoms with E-state index < -0.39 is 0 Å². The summed E-state index contributed by atoms with van der Waals surface area (Å²) in [5.41, 5.74) is 0.697. The van der Waals surface area contributed by atoms with Crippen LogP contribution in [0, 0.1) is 11.7 Å². The Bertz CT molecular complexity index is 440. The molecule has 20 heavy (non-hydrogen) atoms. The number of hydrogen-bond acceptors (Lipinski definition) is 3. The van der Waals surface area contributed by atoms with E-state index in [1.165, 1.54) is 18.9 Å². The molecule has 110 valence electrons. The zero-order valence-corrected chi connectivity index (χ0v) is 11.9. The lowest BCUT2D eigenvalue weighted by Crippen LogP contribution is -2.28. The highest BCUT2D eigenvalue weighted by molar-refractivity contribution is 5.50. The van der Waals surface area contributed by atoms with E-state index in [0.717, 1.165) is 44.9 Å². The van der Waals surface area contributed by atoms with Gasteiger partial charge in [-0.15, -0.1) is 0 Å². The Morgan fingerprint density at radius 3 is 2.95 bits per heavy atom. The summed E-state index contributed by atoms with van der Waals surface area (Å²) in [5.74, 6) is 1.33. The fraction of sp³-hybridized carbons (Fsp3) is 0.625. The number of benzene rings is 1. The summed E-state index contributed by atoms with van der Waals surface area (Å²) in [5, 5.41) is 3.33. The summed E-state index contributed by atoms with van der Waals surface area (Å²) in [4.78, 5) is 2.11. The van der Waals surface area contributed by atoms with Crippen molar-refractivity contribution in [3.05, 3.63) is 24.0 Å². The molecule has 1 aromatic carbocycles. The lowest BCUT2D eigenvalue weighted by Gasteiger charge is -2.23. The van der Waals surface area contributed by atoms with Crippen molar-refractivity contribution < 1.29 is 9.13 Å². The lowest BCUT2D eigenvalue weighted by atomic mass is 10.2. The largest absolute Gasteiger partial charge is 0.493 e. The maximum absolute atomic E-state index is 14.2. The molecule has 1 aliphatic carbocycles. The van der Waals surface area contributed by atoms with Crippen LogP contribution in [0.25, 0.3) is 0 Å². The number of anilines is 1. The number of rotatable bonds is 5. The number of nitrogens with one attached hydrogen (secondary N) is 1. The fourth-order valence-electron chi connectivity index (χ4n) is 2.67. The fourth-order valence-corrected chi connectivity index (χ4v) is 2.67. The smallest absolute Gasteiger partial charge is 0.150 e. The van der Waals surface area contributed by atoms with Crippen molar-refractivity contribution in [2.45, 2.75) is 25.7 Å². The molecule has 0 amide bonds. The summed E-state index contributed by atoms with van der Waals surface area (Å²) in [6.45, 7) is 4.40. The first kappa shape index (κ1) is 13.7. The molecule has 2 aliphatic rings. The van der Waals surface area contributed by atoms with Crippen molar-refractivity contribution >= 4 is 5.69 Å². The number of halogens is 1. The maximum atomic E-state index is 14.2. The third-order valence-electron chi connectivity index (χ3n) is 4.09. The van der Waals surface area contributed by atoms with Crippen LogP contribution in [-0.2, 0) is 0 Å². The zero-order chi connectivity index (χ0) is 13.8. The van der Waals surface area contributed by atoms with Crippen LogP contribution in [0.4, 0.5) is 10.1 Å². The molecular weight excluding hydrogens is 255 g/mol. The molecule has 1 saturated carbocycles. The van der Waals surface area contributed by atoms with Gasteiger partial charge in [0, 0.05) is 25.7 Å². The van der Waals surface area contributed by atoms with Crippen molar-refractivity contribution in [3.63, 3.8) is 0 Å². The summed E-state index contributed by atoms with van der Waals surface area (Å²) in [6.07, 6.45) is 4.82. The Labute approximate surface area is 120 Å². The normalized spacial score (nSPS) is 19.8. The van der Waals surface area contributed by atoms with Gasteiger partial charge < -0.3 is 15.0 Å². The molecule has 3 nitrogen and oxygen atoms in total. The molecule has 4 heteroatoms. The van der Waals surface area contributed by atoms with E-state index in [1.54, 1.807) is 0 Å². The molecule has 1 aromatic rings. The zero-order valence-electron chi connectivity index (χ0n) is 11.9. The molecule has 0 spiro atoms. The van der Waals surface area contributed by atoms with Crippen LogP contribution in [0.3, 0.4) is 0 Å². The van der Waals surface area contributed by atoms with Gasteiger partial charge >= 0.3 is 0 Å². The van der Waals surface area contributed by atoms with E-state index in [2.05, 4.69) is 10.2 Å². The van der Waals surface area contributed by atoms with Crippen molar-refractivity contribution in [3.8, 4) is 5.75 Å². The topological polar surface area (TPSA) is 24.5 Å². The molecule has 0 aromatic heterocycles. The number of ether oxygens (including phenoxy) is 1. The first-order chi connectivity index (χ1) is 9.83. The van der Waals surface area contributed by atoms with Crippen molar-refractivity contribution in [2.75, 3.05) is 37.7 Å². The predicted molar refractivity (Wildman–Crippen MR) is 78.9 cm³/mol. The second-order valence-electron chi connectivity index (χ2n) is 5.78. The third-order valence-corrected chi connectivity index (χ3v) is 4.09. The Hall–Kier alpha value is -1.29. The van der Waals surface area contributed by atoms with Gasteiger partial charge in [-0.1, -0.05) is 12.8 Å². The molecule has 0 atom stereocenters. The molecule has 2 fully saturated rings. The standard InChI is InChI=1S/C16H23FN2O/c17-15-12-14(20-11-6-13-2-3-13)4-5-16(15)19-9-1-7-18-8-10-19/h4-5,12-13,18H,1-3,6-11H2. The molecular formula is C16H23FN2O. The maximum Gasteiger partial charge on any atom is 0.150 e. The monoisotopic (exact) mass is 278 g/mol. The molecule has 1 saturated heterocycles. The highest BCUT2D eigenvalue weighted by atomic mass is 19.1. The molecule has 3 rings (SSSR count).